The molecule has 0 aliphatic carbocycles. The summed E-state index contributed by atoms with van der Waals surface area (Å²) in [6.07, 6.45) is 3.56. The first-order valence-electron chi connectivity index (χ1n) is 8.51. The normalized spacial score (nSPS) is 15.1. The second-order valence-corrected chi connectivity index (χ2v) is 6.75. The summed E-state index contributed by atoms with van der Waals surface area (Å²) >= 11 is 3.53. The van der Waals surface area contributed by atoms with Crippen LogP contribution in [0.1, 0.15) is 5.56 Å². The maximum Gasteiger partial charge on any atom is 0.225 e. The average molecular weight is 419 g/mol. The standard InChI is InChI=1S/C18H23BrN6O/c1-20-17(23-13-14-4-5-16(26-2)15(19)12-14)24-8-10-25(11-9-24)18-21-6-3-7-22-18/h3-7,12H,8-11,13H2,1-2H3,(H,20,23). The molecule has 2 heterocycles. The topological polar surface area (TPSA) is 65.9 Å². The molecular formula is C18H23BrN6O. The molecule has 1 saturated heterocycles. The van der Waals surface area contributed by atoms with Crippen molar-refractivity contribution in [2.45, 2.75) is 6.54 Å². The lowest BCUT2D eigenvalue weighted by Crippen LogP contribution is -2.52. The molecule has 26 heavy (non-hydrogen) atoms. The van der Waals surface area contributed by atoms with Gasteiger partial charge in [-0.1, -0.05) is 6.07 Å². The van der Waals surface area contributed by atoms with E-state index in [1.54, 1.807) is 19.5 Å². The summed E-state index contributed by atoms with van der Waals surface area (Å²) in [5.74, 6) is 2.53. The fourth-order valence-electron chi connectivity index (χ4n) is 2.91. The van der Waals surface area contributed by atoms with E-state index in [4.69, 9.17) is 4.74 Å². The zero-order valence-corrected chi connectivity index (χ0v) is 16.6. The number of ether oxygens (including phenoxy) is 1. The van der Waals surface area contributed by atoms with Crippen molar-refractivity contribution in [3.8, 4) is 5.75 Å². The highest BCUT2D eigenvalue weighted by Crippen LogP contribution is 2.25. The number of hydrogen-bond donors (Lipinski definition) is 1. The van der Waals surface area contributed by atoms with E-state index in [9.17, 15) is 0 Å². The third kappa shape index (κ3) is 4.43. The zero-order valence-electron chi connectivity index (χ0n) is 15.0. The van der Waals surface area contributed by atoms with Crippen molar-refractivity contribution in [3.63, 3.8) is 0 Å². The lowest BCUT2D eigenvalue weighted by Gasteiger charge is -2.36. The molecule has 0 radical (unpaired) electrons. The van der Waals surface area contributed by atoms with Crippen LogP contribution in [0.3, 0.4) is 0 Å². The SMILES string of the molecule is CN=C(NCc1ccc(OC)c(Br)c1)N1CCN(c2ncccn2)CC1. The number of halogens is 1. The first kappa shape index (κ1) is 18.4. The third-order valence-corrected chi connectivity index (χ3v) is 4.91. The van der Waals surface area contributed by atoms with Crippen molar-refractivity contribution in [1.29, 1.82) is 0 Å². The highest BCUT2D eigenvalue weighted by Gasteiger charge is 2.21. The molecule has 1 aliphatic rings. The van der Waals surface area contributed by atoms with E-state index in [2.05, 4.69) is 58.1 Å². The van der Waals surface area contributed by atoms with Crippen molar-refractivity contribution in [2.24, 2.45) is 4.99 Å². The first-order chi connectivity index (χ1) is 12.7. The summed E-state index contributed by atoms with van der Waals surface area (Å²) in [5.41, 5.74) is 1.16. The summed E-state index contributed by atoms with van der Waals surface area (Å²) in [6, 6.07) is 7.91. The lowest BCUT2D eigenvalue weighted by atomic mass is 10.2. The Bertz CT molecular complexity index is 747. The fourth-order valence-corrected chi connectivity index (χ4v) is 3.49. The Morgan fingerprint density at radius 2 is 1.96 bits per heavy atom. The predicted octanol–water partition coefficient (Wildman–Crippen LogP) is 2.15. The maximum absolute atomic E-state index is 5.27. The van der Waals surface area contributed by atoms with Crippen LogP contribution in [0.4, 0.5) is 5.95 Å². The Morgan fingerprint density at radius 3 is 2.58 bits per heavy atom. The zero-order chi connectivity index (χ0) is 18.4. The number of rotatable bonds is 4. The molecule has 1 N–H and O–H groups in total. The highest BCUT2D eigenvalue weighted by atomic mass is 79.9. The number of anilines is 1. The molecule has 0 atom stereocenters. The van der Waals surface area contributed by atoms with E-state index >= 15 is 0 Å². The van der Waals surface area contributed by atoms with Crippen LogP contribution in [0.5, 0.6) is 5.75 Å². The van der Waals surface area contributed by atoms with Gasteiger partial charge in [-0.05, 0) is 39.7 Å². The van der Waals surface area contributed by atoms with Gasteiger partial charge in [0.2, 0.25) is 5.95 Å². The van der Waals surface area contributed by atoms with Crippen molar-refractivity contribution in [2.75, 3.05) is 45.2 Å². The van der Waals surface area contributed by atoms with Gasteiger partial charge >= 0.3 is 0 Å². The largest absolute Gasteiger partial charge is 0.496 e. The molecule has 3 rings (SSSR count). The van der Waals surface area contributed by atoms with Gasteiger partial charge in [0.25, 0.3) is 0 Å². The van der Waals surface area contributed by atoms with E-state index < -0.39 is 0 Å². The van der Waals surface area contributed by atoms with Crippen LogP contribution < -0.4 is 15.0 Å². The van der Waals surface area contributed by atoms with Crippen molar-refractivity contribution < 1.29 is 4.74 Å². The molecule has 0 spiro atoms. The van der Waals surface area contributed by atoms with E-state index in [-0.39, 0.29) is 0 Å². The van der Waals surface area contributed by atoms with Gasteiger partial charge in [-0.2, -0.15) is 0 Å². The minimum Gasteiger partial charge on any atom is -0.496 e. The Kier molecular flexibility index (Phi) is 6.27. The molecule has 0 amide bonds. The molecule has 2 aromatic rings. The maximum atomic E-state index is 5.27. The van der Waals surface area contributed by atoms with E-state index in [0.29, 0.717) is 6.54 Å². The van der Waals surface area contributed by atoms with E-state index in [1.165, 1.54) is 0 Å². The van der Waals surface area contributed by atoms with Crippen LogP contribution in [-0.4, -0.2) is 61.2 Å². The number of benzene rings is 1. The summed E-state index contributed by atoms with van der Waals surface area (Å²) in [7, 11) is 3.49. The van der Waals surface area contributed by atoms with Crippen LogP contribution >= 0.6 is 15.9 Å². The van der Waals surface area contributed by atoms with Crippen molar-refractivity contribution in [1.82, 2.24) is 20.2 Å². The monoisotopic (exact) mass is 418 g/mol. The molecule has 1 fully saturated rings. The number of piperazine rings is 1. The van der Waals surface area contributed by atoms with Gasteiger partial charge in [0.05, 0.1) is 11.6 Å². The Labute approximate surface area is 162 Å². The summed E-state index contributed by atoms with van der Waals surface area (Å²) < 4.78 is 6.22. The fraction of sp³-hybridized carbons (Fsp3) is 0.389. The second-order valence-electron chi connectivity index (χ2n) is 5.89. The van der Waals surface area contributed by atoms with Crippen LogP contribution in [0, 0.1) is 0 Å². The molecule has 1 aromatic carbocycles. The molecule has 0 saturated carbocycles. The van der Waals surface area contributed by atoms with Crippen molar-refractivity contribution >= 4 is 27.8 Å². The summed E-state index contributed by atoms with van der Waals surface area (Å²) in [6.45, 7) is 4.21. The summed E-state index contributed by atoms with van der Waals surface area (Å²) in [4.78, 5) is 17.5. The third-order valence-electron chi connectivity index (χ3n) is 4.29. The molecule has 7 nitrogen and oxygen atoms in total. The number of aromatic nitrogens is 2. The molecule has 0 bridgehead atoms. The Balaban J connectivity index is 1.54. The minimum atomic E-state index is 0.706. The smallest absolute Gasteiger partial charge is 0.225 e. The van der Waals surface area contributed by atoms with Crippen molar-refractivity contribution in [3.05, 3.63) is 46.7 Å². The molecule has 1 aliphatic heterocycles. The van der Waals surface area contributed by atoms with Crippen LogP contribution in [-0.2, 0) is 6.54 Å². The summed E-state index contributed by atoms with van der Waals surface area (Å²) in [5, 5.41) is 3.44. The highest BCUT2D eigenvalue weighted by molar-refractivity contribution is 9.10. The lowest BCUT2D eigenvalue weighted by molar-refractivity contribution is 0.370. The average Bonchev–Trinajstić information content (AvgIpc) is 2.70. The quantitative estimate of drug-likeness (QED) is 0.605. The number of aliphatic imine (C=N–C) groups is 1. The number of nitrogens with zero attached hydrogens (tertiary/aromatic N) is 5. The van der Waals surface area contributed by atoms with Crippen LogP contribution in [0.15, 0.2) is 46.1 Å². The van der Waals surface area contributed by atoms with Crippen LogP contribution in [0.2, 0.25) is 0 Å². The van der Waals surface area contributed by atoms with Gasteiger partial charge in [0, 0.05) is 52.2 Å². The van der Waals surface area contributed by atoms with Gasteiger partial charge in [-0.3, -0.25) is 4.99 Å². The second kappa shape index (κ2) is 8.84. The molecule has 138 valence electrons. The van der Waals surface area contributed by atoms with Gasteiger partial charge in [-0.15, -0.1) is 0 Å². The van der Waals surface area contributed by atoms with Gasteiger partial charge in [-0.25, -0.2) is 9.97 Å². The van der Waals surface area contributed by atoms with Gasteiger partial charge < -0.3 is 19.9 Å². The van der Waals surface area contributed by atoms with Crippen LogP contribution in [0.25, 0.3) is 0 Å². The number of methoxy groups -OCH3 is 1. The Hall–Kier alpha value is -2.35. The molecule has 1 aromatic heterocycles. The molecule has 8 heteroatoms. The molecular weight excluding hydrogens is 396 g/mol. The van der Waals surface area contributed by atoms with E-state index in [0.717, 1.165) is 53.9 Å². The first-order valence-corrected chi connectivity index (χ1v) is 9.30. The van der Waals surface area contributed by atoms with E-state index in [1.807, 2.05) is 19.2 Å². The predicted molar refractivity (Wildman–Crippen MR) is 107 cm³/mol. The van der Waals surface area contributed by atoms with Gasteiger partial charge in [0.1, 0.15) is 5.75 Å². The number of nitrogens with one attached hydrogen (secondary N) is 1. The number of guanidine groups is 1. The van der Waals surface area contributed by atoms with Gasteiger partial charge in [0.15, 0.2) is 5.96 Å². The number of hydrogen-bond acceptors (Lipinski definition) is 5. The Morgan fingerprint density at radius 1 is 1.23 bits per heavy atom. The minimum absolute atomic E-state index is 0.706. The molecule has 0 unspecified atom stereocenters.